The van der Waals surface area contributed by atoms with Crippen molar-refractivity contribution >= 4 is 23.2 Å². The van der Waals surface area contributed by atoms with Crippen molar-refractivity contribution in [3.63, 3.8) is 0 Å². The van der Waals surface area contributed by atoms with Gasteiger partial charge in [0, 0.05) is 31.1 Å². The molecule has 2 aromatic carbocycles. The molecule has 0 aromatic heterocycles. The van der Waals surface area contributed by atoms with Gasteiger partial charge >= 0.3 is 0 Å². The number of anilines is 2. The van der Waals surface area contributed by atoms with Crippen molar-refractivity contribution in [2.45, 2.75) is 32.1 Å². The lowest BCUT2D eigenvalue weighted by molar-refractivity contribution is -0.116. The fourth-order valence-electron chi connectivity index (χ4n) is 3.39. The van der Waals surface area contributed by atoms with E-state index in [2.05, 4.69) is 10.2 Å². The van der Waals surface area contributed by atoms with Crippen LogP contribution in [0.15, 0.2) is 42.5 Å². The molecular weight excluding hydrogens is 373 g/mol. The van der Waals surface area contributed by atoms with E-state index in [-0.39, 0.29) is 18.1 Å². The maximum Gasteiger partial charge on any atom is 0.248 e. The number of amides is 2. The fraction of sp³-hybridized carbons (Fsp3) is 0.364. The molecule has 1 heterocycles. The molecule has 1 aliphatic heterocycles. The van der Waals surface area contributed by atoms with E-state index in [1.165, 1.54) is 18.6 Å². The van der Waals surface area contributed by atoms with Crippen LogP contribution in [0, 0.1) is 5.82 Å². The number of hydrogen-bond acceptors (Lipinski definition) is 4. The van der Waals surface area contributed by atoms with Gasteiger partial charge in [-0.15, -0.1) is 0 Å². The molecule has 6 nitrogen and oxygen atoms in total. The number of hydrogen-bond donors (Lipinski definition) is 2. The van der Waals surface area contributed by atoms with Gasteiger partial charge in [-0.25, -0.2) is 4.39 Å². The van der Waals surface area contributed by atoms with Crippen LogP contribution in [-0.4, -0.2) is 31.5 Å². The standard InChI is InChI=1S/C22H26FN3O3/c23-17-6-4-7-18(15-17)29-13-5-8-21(27)25-19-14-16(22(24)28)9-10-20(19)26-11-2-1-3-12-26/h4,6-7,9-10,14-15H,1-3,5,8,11-13H2,(H2,24,28)(H,25,27). The molecule has 0 saturated carbocycles. The molecule has 0 radical (unpaired) electrons. The van der Waals surface area contributed by atoms with Crippen LogP contribution in [-0.2, 0) is 4.79 Å². The second kappa shape index (κ2) is 9.91. The number of ether oxygens (including phenoxy) is 1. The van der Waals surface area contributed by atoms with Crippen LogP contribution in [0.1, 0.15) is 42.5 Å². The number of benzene rings is 2. The second-order valence-corrected chi connectivity index (χ2v) is 7.10. The summed E-state index contributed by atoms with van der Waals surface area (Å²) in [6, 6.07) is 11.1. The topological polar surface area (TPSA) is 84.7 Å². The predicted molar refractivity (Wildman–Crippen MR) is 111 cm³/mol. The van der Waals surface area contributed by atoms with Gasteiger partial charge in [-0.2, -0.15) is 0 Å². The van der Waals surface area contributed by atoms with Crippen LogP contribution < -0.4 is 20.7 Å². The number of nitrogens with zero attached hydrogens (tertiary/aromatic N) is 1. The van der Waals surface area contributed by atoms with Crippen molar-refractivity contribution in [3.8, 4) is 5.75 Å². The molecule has 0 bridgehead atoms. The lowest BCUT2D eigenvalue weighted by Crippen LogP contribution is -2.30. The molecule has 1 fully saturated rings. The highest BCUT2D eigenvalue weighted by atomic mass is 19.1. The summed E-state index contributed by atoms with van der Waals surface area (Å²) in [6.07, 6.45) is 4.13. The quantitative estimate of drug-likeness (QED) is 0.663. The van der Waals surface area contributed by atoms with Crippen LogP contribution in [0.2, 0.25) is 0 Å². The Kier molecular flexibility index (Phi) is 7.05. The molecular formula is C22H26FN3O3. The van der Waals surface area contributed by atoms with Crippen molar-refractivity contribution in [1.82, 2.24) is 0 Å². The molecule has 3 rings (SSSR count). The smallest absolute Gasteiger partial charge is 0.248 e. The zero-order chi connectivity index (χ0) is 20.6. The third-order valence-electron chi connectivity index (χ3n) is 4.86. The molecule has 0 spiro atoms. The number of carbonyl (C=O) groups excluding carboxylic acids is 2. The Labute approximate surface area is 169 Å². The van der Waals surface area contributed by atoms with Gasteiger partial charge in [-0.05, 0) is 56.0 Å². The van der Waals surface area contributed by atoms with Crippen molar-refractivity contribution < 1.29 is 18.7 Å². The first kappa shape index (κ1) is 20.6. The molecule has 3 N–H and O–H groups in total. The summed E-state index contributed by atoms with van der Waals surface area (Å²) in [5, 5.41) is 2.91. The Morgan fingerprint density at radius 2 is 1.90 bits per heavy atom. The normalized spacial score (nSPS) is 13.8. The lowest BCUT2D eigenvalue weighted by Gasteiger charge is -2.30. The Hall–Kier alpha value is -3.09. The number of halogens is 1. The molecule has 1 saturated heterocycles. The van der Waals surface area contributed by atoms with Crippen LogP contribution >= 0.6 is 0 Å². The summed E-state index contributed by atoms with van der Waals surface area (Å²) in [4.78, 5) is 26.2. The van der Waals surface area contributed by atoms with Gasteiger partial charge < -0.3 is 20.7 Å². The van der Waals surface area contributed by atoms with Gasteiger partial charge in [0.15, 0.2) is 0 Å². The first-order valence-electron chi connectivity index (χ1n) is 9.90. The summed E-state index contributed by atoms with van der Waals surface area (Å²) < 4.78 is 18.6. The van der Waals surface area contributed by atoms with Gasteiger partial charge in [0.25, 0.3) is 0 Å². The molecule has 2 amide bonds. The van der Waals surface area contributed by atoms with E-state index in [4.69, 9.17) is 10.5 Å². The van der Waals surface area contributed by atoms with Crippen molar-refractivity contribution in [2.75, 3.05) is 29.9 Å². The van der Waals surface area contributed by atoms with Gasteiger partial charge in [0.05, 0.1) is 18.0 Å². The highest BCUT2D eigenvalue weighted by molar-refractivity contribution is 5.99. The molecule has 0 aliphatic carbocycles. The highest BCUT2D eigenvalue weighted by Crippen LogP contribution is 2.30. The molecule has 154 valence electrons. The molecule has 0 unspecified atom stereocenters. The molecule has 0 atom stereocenters. The zero-order valence-electron chi connectivity index (χ0n) is 16.3. The summed E-state index contributed by atoms with van der Waals surface area (Å²) in [5.41, 5.74) is 7.25. The number of carbonyl (C=O) groups is 2. The maximum absolute atomic E-state index is 13.1. The lowest BCUT2D eigenvalue weighted by atomic mass is 10.1. The zero-order valence-corrected chi connectivity index (χ0v) is 16.3. The fourth-order valence-corrected chi connectivity index (χ4v) is 3.39. The van der Waals surface area contributed by atoms with Crippen LogP contribution in [0.3, 0.4) is 0 Å². The van der Waals surface area contributed by atoms with E-state index in [1.54, 1.807) is 24.3 Å². The summed E-state index contributed by atoms with van der Waals surface area (Å²) >= 11 is 0. The monoisotopic (exact) mass is 399 g/mol. The third-order valence-corrected chi connectivity index (χ3v) is 4.86. The number of piperidine rings is 1. The number of nitrogens with two attached hydrogens (primary N) is 1. The van der Waals surface area contributed by atoms with Crippen molar-refractivity contribution in [1.29, 1.82) is 0 Å². The van der Waals surface area contributed by atoms with Gasteiger partial charge in [0.2, 0.25) is 11.8 Å². The van der Waals surface area contributed by atoms with Gasteiger partial charge in [-0.1, -0.05) is 6.07 Å². The number of rotatable bonds is 8. The molecule has 7 heteroatoms. The average Bonchev–Trinajstić information content (AvgIpc) is 2.72. The summed E-state index contributed by atoms with van der Waals surface area (Å²) in [5.74, 6) is -0.631. The van der Waals surface area contributed by atoms with E-state index in [0.29, 0.717) is 30.0 Å². The Balaban J connectivity index is 1.59. The predicted octanol–water partition coefficient (Wildman–Crippen LogP) is 3.71. The summed E-state index contributed by atoms with van der Waals surface area (Å²) in [6.45, 7) is 2.14. The summed E-state index contributed by atoms with van der Waals surface area (Å²) in [7, 11) is 0. The third kappa shape index (κ3) is 5.94. The highest BCUT2D eigenvalue weighted by Gasteiger charge is 2.17. The Morgan fingerprint density at radius 1 is 1.10 bits per heavy atom. The SMILES string of the molecule is NC(=O)c1ccc(N2CCCCC2)c(NC(=O)CCCOc2cccc(F)c2)c1. The first-order valence-corrected chi connectivity index (χ1v) is 9.90. The maximum atomic E-state index is 13.1. The largest absolute Gasteiger partial charge is 0.493 e. The van der Waals surface area contributed by atoms with Crippen LogP contribution in [0.4, 0.5) is 15.8 Å². The Morgan fingerprint density at radius 3 is 2.62 bits per heavy atom. The molecule has 2 aromatic rings. The second-order valence-electron chi connectivity index (χ2n) is 7.10. The van der Waals surface area contributed by atoms with E-state index >= 15 is 0 Å². The molecule has 1 aliphatic rings. The van der Waals surface area contributed by atoms with E-state index < -0.39 is 5.91 Å². The molecule has 29 heavy (non-hydrogen) atoms. The average molecular weight is 399 g/mol. The van der Waals surface area contributed by atoms with Gasteiger partial charge in [0.1, 0.15) is 11.6 Å². The number of primary amides is 1. The van der Waals surface area contributed by atoms with E-state index in [0.717, 1.165) is 31.6 Å². The van der Waals surface area contributed by atoms with Gasteiger partial charge in [-0.3, -0.25) is 9.59 Å². The van der Waals surface area contributed by atoms with Crippen LogP contribution in [0.5, 0.6) is 5.75 Å². The van der Waals surface area contributed by atoms with Crippen LogP contribution in [0.25, 0.3) is 0 Å². The van der Waals surface area contributed by atoms with E-state index in [1.807, 2.05) is 6.07 Å². The Bertz CT molecular complexity index is 866. The van der Waals surface area contributed by atoms with Crippen molar-refractivity contribution in [2.24, 2.45) is 5.73 Å². The minimum atomic E-state index is -0.533. The first-order chi connectivity index (χ1) is 14.0. The van der Waals surface area contributed by atoms with E-state index in [9.17, 15) is 14.0 Å². The number of nitrogens with one attached hydrogen (secondary N) is 1. The van der Waals surface area contributed by atoms with Crippen molar-refractivity contribution in [3.05, 3.63) is 53.8 Å². The minimum absolute atomic E-state index is 0.173. The minimum Gasteiger partial charge on any atom is -0.493 e.